The monoisotopic (exact) mass is 476 g/mol. The van der Waals surface area contributed by atoms with E-state index in [0.29, 0.717) is 24.7 Å². The van der Waals surface area contributed by atoms with Crippen LogP contribution in [-0.2, 0) is 0 Å². The topological polar surface area (TPSA) is 52.6 Å². The lowest BCUT2D eigenvalue weighted by Gasteiger charge is -2.24. The van der Waals surface area contributed by atoms with Gasteiger partial charge in [-0.1, -0.05) is 75.6 Å². The summed E-state index contributed by atoms with van der Waals surface area (Å²) in [7, 11) is 0. The number of hydrogen-bond acceptors (Lipinski definition) is 4. The number of ketones is 2. The van der Waals surface area contributed by atoms with E-state index in [1.54, 1.807) is 12.1 Å². The summed E-state index contributed by atoms with van der Waals surface area (Å²) in [6.45, 7) is 5.24. The molecule has 0 amide bonds. The molecule has 0 saturated carbocycles. The average molecular weight is 477 g/mol. The van der Waals surface area contributed by atoms with Crippen LogP contribution in [0.2, 0.25) is 10.0 Å². The molecule has 0 spiro atoms. The van der Waals surface area contributed by atoms with Crippen LogP contribution in [0.15, 0.2) is 24.3 Å². The third kappa shape index (κ3) is 5.29. The zero-order chi connectivity index (χ0) is 23.1. The van der Waals surface area contributed by atoms with Gasteiger partial charge in [0, 0.05) is 0 Å². The number of unbranched alkanes of at least 4 members (excludes halogenated alkanes) is 6. The summed E-state index contributed by atoms with van der Waals surface area (Å²) in [5.74, 6) is 0.0499. The van der Waals surface area contributed by atoms with Gasteiger partial charge in [0.05, 0.1) is 45.5 Å². The molecule has 172 valence electrons. The van der Waals surface area contributed by atoms with Gasteiger partial charge in [0.25, 0.3) is 0 Å². The molecule has 32 heavy (non-hydrogen) atoms. The van der Waals surface area contributed by atoms with Crippen LogP contribution in [0, 0.1) is 0 Å². The first-order valence-electron chi connectivity index (χ1n) is 11.5. The quantitative estimate of drug-likeness (QED) is 0.251. The van der Waals surface area contributed by atoms with Gasteiger partial charge >= 0.3 is 0 Å². The normalized spacial score (nSPS) is 12.5. The molecule has 2 aromatic rings. The molecule has 0 aliphatic heterocycles. The van der Waals surface area contributed by atoms with Crippen LogP contribution < -0.4 is 9.47 Å². The van der Waals surface area contributed by atoms with Crippen molar-refractivity contribution in [1.82, 2.24) is 0 Å². The van der Waals surface area contributed by atoms with Gasteiger partial charge in [-0.2, -0.15) is 0 Å². The van der Waals surface area contributed by atoms with Gasteiger partial charge in [-0.25, -0.2) is 0 Å². The van der Waals surface area contributed by atoms with Crippen molar-refractivity contribution < 1.29 is 19.1 Å². The van der Waals surface area contributed by atoms with Gasteiger partial charge in [-0.15, -0.1) is 0 Å². The Labute approximate surface area is 200 Å². The molecule has 0 bridgehead atoms. The van der Waals surface area contributed by atoms with Crippen LogP contribution in [0.1, 0.15) is 97.1 Å². The Balaban J connectivity index is 1.97. The van der Waals surface area contributed by atoms with Gasteiger partial charge in [0.2, 0.25) is 0 Å². The number of hydrogen-bond donors (Lipinski definition) is 0. The second-order valence-electron chi connectivity index (χ2n) is 8.07. The maximum absolute atomic E-state index is 13.5. The standard InChI is InChI=1S/C26H30Cl2O4/c1-3-5-7-9-15-31-19-13-14-20(32-16-10-8-6-4-2)24-23(19)25(29)21-17(27)11-12-18(28)22(21)26(24)30/h11-14H,3-10,15-16H2,1-2H3. The number of rotatable bonds is 12. The van der Waals surface area contributed by atoms with Gasteiger partial charge in [-0.05, 0) is 37.1 Å². The zero-order valence-electron chi connectivity index (χ0n) is 18.8. The SMILES string of the molecule is CCCCCCOc1ccc(OCCCCCC)c2c1C(=O)c1c(Cl)ccc(Cl)c1C2=O. The van der Waals surface area contributed by atoms with Crippen molar-refractivity contribution in [1.29, 1.82) is 0 Å². The van der Waals surface area contributed by atoms with Crippen LogP contribution >= 0.6 is 23.2 Å². The maximum atomic E-state index is 13.5. The highest BCUT2D eigenvalue weighted by molar-refractivity contribution is 6.44. The van der Waals surface area contributed by atoms with Crippen molar-refractivity contribution in [2.45, 2.75) is 65.2 Å². The summed E-state index contributed by atoms with van der Waals surface area (Å²) < 4.78 is 11.9. The molecule has 4 nitrogen and oxygen atoms in total. The van der Waals surface area contributed by atoms with Crippen molar-refractivity contribution in [3.05, 3.63) is 56.6 Å². The molecule has 0 atom stereocenters. The Morgan fingerprint density at radius 1 is 0.594 bits per heavy atom. The van der Waals surface area contributed by atoms with Crippen LogP contribution in [0.3, 0.4) is 0 Å². The van der Waals surface area contributed by atoms with Crippen molar-refractivity contribution >= 4 is 34.8 Å². The van der Waals surface area contributed by atoms with E-state index in [1.807, 2.05) is 0 Å². The molecule has 0 aromatic heterocycles. The van der Waals surface area contributed by atoms with Crippen LogP contribution in [0.25, 0.3) is 0 Å². The summed E-state index contributed by atoms with van der Waals surface area (Å²) in [5.41, 5.74) is 0.696. The van der Waals surface area contributed by atoms with Crippen molar-refractivity contribution in [2.75, 3.05) is 13.2 Å². The highest BCUT2D eigenvalue weighted by Crippen LogP contribution is 2.42. The van der Waals surface area contributed by atoms with E-state index in [9.17, 15) is 9.59 Å². The first-order chi connectivity index (χ1) is 15.5. The average Bonchev–Trinajstić information content (AvgIpc) is 2.78. The van der Waals surface area contributed by atoms with Crippen molar-refractivity contribution in [2.24, 2.45) is 0 Å². The molecule has 1 aliphatic carbocycles. The fraction of sp³-hybridized carbons (Fsp3) is 0.462. The third-order valence-electron chi connectivity index (χ3n) is 5.65. The van der Waals surface area contributed by atoms with Crippen LogP contribution in [-0.4, -0.2) is 24.8 Å². The lowest BCUT2D eigenvalue weighted by molar-refractivity contribution is 0.0972. The Morgan fingerprint density at radius 2 is 1.00 bits per heavy atom. The number of ether oxygens (including phenoxy) is 2. The summed E-state index contributed by atoms with van der Waals surface area (Å²) >= 11 is 12.6. The minimum atomic E-state index is -0.359. The van der Waals surface area contributed by atoms with E-state index in [1.165, 1.54) is 12.1 Å². The number of carbonyl (C=O) groups is 2. The van der Waals surface area contributed by atoms with Crippen LogP contribution in [0.5, 0.6) is 11.5 Å². The second-order valence-corrected chi connectivity index (χ2v) is 8.88. The largest absolute Gasteiger partial charge is 0.493 e. The Hall–Kier alpha value is -2.04. The third-order valence-corrected chi connectivity index (χ3v) is 6.28. The second kappa shape index (κ2) is 11.7. The Kier molecular flexibility index (Phi) is 9.01. The minimum Gasteiger partial charge on any atom is -0.493 e. The first kappa shape index (κ1) is 24.6. The summed E-state index contributed by atoms with van der Waals surface area (Å²) in [6, 6.07) is 6.51. The molecule has 0 fully saturated rings. The summed E-state index contributed by atoms with van der Waals surface area (Å²) in [5, 5.41) is 0.404. The number of benzene rings is 2. The van der Waals surface area contributed by atoms with E-state index in [4.69, 9.17) is 32.7 Å². The molecule has 0 heterocycles. The number of fused-ring (bicyclic) bond motifs is 2. The molecule has 0 unspecified atom stereocenters. The van der Waals surface area contributed by atoms with E-state index in [0.717, 1.165) is 51.4 Å². The highest BCUT2D eigenvalue weighted by Gasteiger charge is 2.38. The van der Waals surface area contributed by atoms with E-state index in [-0.39, 0.29) is 43.9 Å². The molecule has 3 rings (SSSR count). The van der Waals surface area contributed by atoms with E-state index >= 15 is 0 Å². The predicted molar refractivity (Wildman–Crippen MR) is 129 cm³/mol. The summed E-state index contributed by atoms with van der Waals surface area (Å²) in [6.07, 6.45) is 8.37. The van der Waals surface area contributed by atoms with E-state index in [2.05, 4.69) is 13.8 Å². The molecular formula is C26H30Cl2O4. The molecular weight excluding hydrogens is 447 g/mol. The van der Waals surface area contributed by atoms with Gasteiger partial charge < -0.3 is 9.47 Å². The van der Waals surface area contributed by atoms with Crippen LogP contribution in [0.4, 0.5) is 0 Å². The fourth-order valence-electron chi connectivity index (χ4n) is 3.92. The van der Waals surface area contributed by atoms with Crippen molar-refractivity contribution in [3.8, 4) is 11.5 Å². The van der Waals surface area contributed by atoms with E-state index < -0.39 is 0 Å². The number of halogens is 2. The molecule has 0 N–H and O–H groups in total. The number of carbonyl (C=O) groups excluding carboxylic acids is 2. The predicted octanol–water partition coefficient (Wildman–Crippen LogP) is 7.69. The van der Waals surface area contributed by atoms with Gasteiger partial charge in [0.1, 0.15) is 11.5 Å². The fourth-order valence-corrected chi connectivity index (χ4v) is 4.41. The lowest BCUT2D eigenvalue weighted by atomic mass is 9.83. The molecule has 6 heteroatoms. The first-order valence-corrected chi connectivity index (χ1v) is 12.3. The highest BCUT2D eigenvalue weighted by atomic mass is 35.5. The van der Waals surface area contributed by atoms with Gasteiger partial charge in [0.15, 0.2) is 11.6 Å². The summed E-state index contributed by atoms with van der Waals surface area (Å²) in [4.78, 5) is 27.0. The maximum Gasteiger partial charge on any atom is 0.199 e. The molecule has 2 aromatic carbocycles. The van der Waals surface area contributed by atoms with Gasteiger partial charge in [-0.3, -0.25) is 9.59 Å². The zero-order valence-corrected chi connectivity index (χ0v) is 20.3. The molecule has 0 saturated heterocycles. The van der Waals surface area contributed by atoms with Crippen molar-refractivity contribution in [3.63, 3.8) is 0 Å². The Morgan fingerprint density at radius 3 is 1.38 bits per heavy atom. The molecule has 1 aliphatic rings. The smallest absolute Gasteiger partial charge is 0.199 e. The lowest BCUT2D eigenvalue weighted by Crippen LogP contribution is -2.24. The minimum absolute atomic E-state index is 0.132. The molecule has 0 radical (unpaired) electrons. The Bertz CT molecular complexity index is 906.